The standard InChI is InChI=1S/C13H18O3/c1-13(7-4-8-16-13)10-5-6-11(14-2)12(9-10)15-3/h5-6,9H,4,7-8H2,1-3H3. The molecule has 1 aromatic carbocycles. The van der Waals surface area contributed by atoms with Crippen molar-refractivity contribution in [3.63, 3.8) is 0 Å². The topological polar surface area (TPSA) is 27.7 Å². The minimum absolute atomic E-state index is 0.167. The summed E-state index contributed by atoms with van der Waals surface area (Å²) in [6, 6.07) is 5.98. The average molecular weight is 222 g/mol. The molecule has 2 rings (SSSR count). The molecular formula is C13H18O3. The van der Waals surface area contributed by atoms with E-state index in [0.717, 1.165) is 36.5 Å². The molecule has 0 bridgehead atoms. The summed E-state index contributed by atoms with van der Waals surface area (Å²) in [7, 11) is 3.30. The van der Waals surface area contributed by atoms with E-state index < -0.39 is 0 Å². The Kier molecular flexibility index (Phi) is 3.06. The molecule has 3 nitrogen and oxygen atoms in total. The number of rotatable bonds is 3. The van der Waals surface area contributed by atoms with Crippen molar-refractivity contribution >= 4 is 0 Å². The third-order valence-corrected chi connectivity index (χ3v) is 3.21. The highest BCUT2D eigenvalue weighted by molar-refractivity contribution is 5.44. The van der Waals surface area contributed by atoms with Gasteiger partial charge in [0.15, 0.2) is 11.5 Å². The quantitative estimate of drug-likeness (QED) is 0.787. The van der Waals surface area contributed by atoms with Crippen molar-refractivity contribution in [2.45, 2.75) is 25.4 Å². The van der Waals surface area contributed by atoms with Crippen LogP contribution in [0, 0.1) is 0 Å². The third kappa shape index (κ3) is 1.87. The van der Waals surface area contributed by atoms with Gasteiger partial charge in [0.1, 0.15) is 0 Å². The molecule has 0 radical (unpaired) electrons. The first kappa shape index (κ1) is 11.3. The van der Waals surface area contributed by atoms with Gasteiger partial charge in [0.25, 0.3) is 0 Å². The molecule has 1 saturated heterocycles. The molecule has 1 aromatic rings. The molecule has 3 heteroatoms. The molecule has 1 unspecified atom stereocenters. The Balaban J connectivity index is 2.35. The van der Waals surface area contributed by atoms with Gasteiger partial charge in [-0.25, -0.2) is 0 Å². The van der Waals surface area contributed by atoms with Crippen LogP contribution in [0.3, 0.4) is 0 Å². The van der Waals surface area contributed by atoms with Gasteiger partial charge in [-0.3, -0.25) is 0 Å². The van der Waals surface area contributed by atoms with Crippen molar-refractivity contribution in [3.8, 4) is 11.5 Å². The molecule has 0 saturated carbocycles. The zero-order valence-corrected chi connectivity index (χ0v) is 10.1. The maximum absolute atomic E-state index is 5.80. The van der Waals surface area contributed by atoms with Gasteiger partial charge in [-0.15, -0.1) is 0 Å². The highest BCUT2D eigenvalue weighted by atomic mass is 16.5. The fraction of sp³-hybridized carbons (Fsp3) is 0.538. The van der Waals surface area contributed by atoms with Crippen molar-refractivity contribution in [2.75, 3.05) is 20.8 Å². The number of ether oxygens (including phenoxy) is 3. The highest BCUT2D eigenvalue weighted by Gasteiger charge is 2.32. The fourth-order valence-electron chi connectivity index (χ4n) is 2.17. The summed E-state index contributed by atoms with van der Waals surface area (Å²) in [5, 5.41) is 0. The van der Waals surface area contributed by atoms with Crippen LogP contribution in [0.5, 0.6) is 11.5 Å². The molecule has 1 fully saturated rings. The Bertz CT molecular complexity index is 367. The molecule has 0 spiro atoms. The number of hydrogen-bond acceptors (Lipinski definition) is 3. The van der Waals surface area contributed by atoms with Gasteiger partial charge in [0.05, 0.1) is 19.8 Å². The first-order chi connectivity index (χ1) is 7.69. The lowest BCUT2D eigenvalue weighted by molar-refractivity contribution is 0.0166. The molecule has 16 heavy (non-hydrogen) atoms. The van der Waals surface area contributed by atoms with Crippen LogP contribution in [0.4, 0.5) is 0 Å². The molecule has 1 aliphatic heterocycles. The molecule has 1 aliphatic rings. The minimum atomic E-state index is -0.167. The predicted molar refractivity (Wildman–Crippen MR) is 62.1 cm³/mol. The predicted octanol–water partition coefficient (Wildman–Crippen LogP) is 2.73. The lowest BCUT2D eigenvalue weighted by Gasteiger charge is -2.24. The maximum Gasteiger partial charge on any atom is 0.161 e. The van der Waals surface area contributed by atoms with Crippen molar-refractivity contribution < 1.29 is 14.2 Å². The first-order valence-electron chi connectivity index (χ1n) is 5.56. The molecule has 88 valence electrons. The van der Waals surface area contributed by atoms with Gasteiger partial charge in [0, 0.05) is 6.61 Å². The summed E-state index contributed by atoms with van der Waals surface area (Å²) in [6.07, 6.45) is 2.17. The van der Waals surface area contributed by atoms with Gasteiger partial charge in [-0.1, -0.05) is 6.07 Å². The van der Waals surface area contributed by atoms with Crippen LogP contribution in [-0.2, 0) is 10.3 Å². The molecule has 0 N–H and O–H groups in total. The summed E-state index contributed by atoms with van der Waals surface area (Å²) < 4.78 is 16.3. The van der Waals surface area contributed by atoms with E-state index in [1.165, 1.54) is 0 Å². The number of methoxy groups -OCH3 is 2. The van der Waals surface area contributed by atoms with E-state index in [9.17, 15) is 0 Å². The van der Waals surface area contributed by atoms with E-state index in [-0.39, 0.29) is 5.60 Å². The summed E-state index contributed by atoms with van der Waals surface area (Å²) >= 11 is 0. The van der Waals surface area contributed by atoms with Crippen molar-refractivity contribution in [2.24, 2.45) is 0 Å². The smallest absolute Gasteiger partial charge is 0.161 e. The Morgan fingerprint density at radius 1 is 1.19 bits per heavy atom. The number of benzene rings is 1. The third-order valence-electron chi connectivity index (χ3n) is 3.21. The fourth-order valence-corrected chi connectivity index (χ4v) is 2.17. The Morgan fingerprint density at radius 2 is 1.94 bits per heavy atom. The van der Waals surface area contributed by atoms with E-state index >= 15 is 0 Å². The molecular weight excluding hydrogens is 204 g/mol. The van der Waals surface area contributed by atoms with Crippen LogP contribution in [0.1, 0.15) is 25.3 Å². The Hall–Kier alpha value is -1.22. The van der Waals surface area contributed by atoms with E-state index in [0.29, 0.717) is 0 Å². The molecule has 1 atom stereocenters. The van der Waals surface area contributed by atoms with E-state index in [4.69, 9.17) is 14.2 Å². The maximum atomic E-state index is 5.80. The van der Waals surface area contributed by atoms with Gasteiger partial charge >= 0.3 is 0 Å². The van der Waals surface area contributed by atoms with Crippen LogP contribution in [0.15, 0.2) is 18.2 Å². The highest BCUT2D eigenvalue weighted by Crippen LogP contribution is 2.39. The second-order valence-corrected chi connectivity index (χ2v) is 4.25. The van der Waals surface area contributed by atoms with Gasteiger partial charge in [0.2, 0.25) is 0 Å². The van der Waals surface area contributed by atoms with Crippen molar-refractivity contribution in [3.05, 3.63) is 23.8 Å². The van der Waals surface area contributed by atoms with Gasteiger partial charge in [-0.2, -0.15) is 0 Å². The van der Waals surface area contributed by atoms with Crippen LogP contribution in [-0.4, -0.2) is 20.8 Å². The summed E-state index contributed by atoms with van der Waals surface area (Å²) in [5.41, 5.74) is 0.988. The van der Waals surface area contributed by atoms with Crippen LogP contribution < -0.4 is 9.47 Å². The van der Waals surface area contributed by atoms with Gasteiger partial charge in [-0.05, 0) is 37.5 Å². The molecule has 0 amide bonds. The Labute approximate surface area is 96.3 Å². The van der Waals surface area contributed by atoms with Crippen LogP contribution in [0.25, 0.3) is 0 Å². The zero-order chi connectivity index (χ0) is 11.6. The first-order valence-corrected chi connectivity index (χ1v) is 5.56. The second-order valence-electron chi connectivity index (χ2n) is 4.25. The summed E-state index contributed by atoms with van der Waals surface area (Å²) in [4.78, 5) is 0. The minimum Gasteiger partial charge on any atom is -0.493 e. The molecule has 0 aliphatic carbocycles. The van der Waals surface area contributed by atoms with E-state index in [2.05, 4.69) is 6.92 Å². The monoisotopic (exact) mass is 222 g/mol. The molecule has 1 heterocycles. The van der Waals surface area contributed by atoms with E-state index in [1.54, 1.807) is 14.2 Å². The lowest BCUT2D eigenvalue weighted by Crippen LogP contribution is -2.19. The van der Waals surface area contributed by atoms with E-state index in [1.807, 2.05) is 18.2 Å². The van der Waals surface area contributed by atoms with Gasteiger partial charge < -0.3 is 14.2 Å². The van der Waals surface area contributed by atoms with Crippen molar-refractivity contribution in [1.82, 2.24) is 0 Å². The number of hydrogen-bond donors (Lipinski definition) is 0. The lowest BCUT2D eigenvalue weighted by atomic mass is 9.93. The largest absolute Gasteiger partial charge is 0.493 e. The second kappa shape index (κ2) is 4.34. The Morgan fingerprint density at radius 3 is 2.50 bits per heavy atom. The zero-order valence-electron chi connectivity index (χ0n) is 10.1. The average Bonchev–Trinajstić information content (AvgIpc) is 2.76. The summed E-state index contributed by atoms with van der Waals surface area (Å²) in [5.74, 6) is 1.52. The van der Waals surface area contributed by atoms with Crippen LogP contribution >= 0.6 is 0 Å². The van der Waals surface area contributed by atoms with Crippen LogP contribution in [0.2, 0.25) is 0 Å². The normalized spacial score (nSPS) is 24.4. The van der Waals surface area contributed by atoms with Crippen molar-refractivity contribution in [1.29, 1.82) is 0 Å². The summed E-state index contributed by atoms with van der Waals surface area (Å²) in [6.45, 7) is 2.96. The molecule has 0 aromatic heterocycles. The SMILES string of the molecule is COc1ccc(C2(C)CCCO2)cc1OC.